The number of ether oxygens (including phenoxy) is 1. The number of aromatic nitrogens is 4. The molecule has 0 aliphatic rings. The number of methoxy groups -OCH3 is 1. The summed E-state index contributed by atoms with van der Waals surface area (Å²) in [5.74, 6) is 1.37. The molecule has 8 nitrogen and oxygen atoms in total. The molecule has 1 aromatic carbocycles. The van der Waals surface area contributed by atoms with Gasteiger partial charge < -0.3 is 15.4 Å². The van der Waals surface area contributed by atoms with Crippen molar-refractivity contribution >= 4 is 45.6 Å². The molecule has 28 heavy (non-hydrogen) atoms. The minimum atomic E-state index is -0.322. The highest BCUT2D eigenvalue weighted by atomic mass is 32.2. The Labute approximate surface area is 171 Å². The average Bonchev–Trinajstić information content (AvgIpc) is 3.31. The number of anilines is 3. The van der Waals surface area contributed by atoms with Gasteiger partial charge in [-0.25, -0.2) is 4.68 Å². The van der Waals surface area contributed by atoms with Crippen LogP contribution in [0.1, 0.15) is 26.8 Å². The van der Waals surface area contributed by atoms with E-state index in [0.29, 0.717) is 10.9 Å². The Morgan fingerprint density at radius 3 is 2.61 bits per heavy atom. The Balaban J connectivity index is 1.57. The van der Waals surface area contributed by atoms with Gasteiger partial charge in [0.2, 0.25) is 11.0 Å². The van der Waals surface area contributed by atoms with Crippen molar-refractivity contribution in [2.45, 2.75) is 36.4 Å². The molecule has 148 valence electrons. The number of carbonyl (C=O) groups excluding carboxylic acids is 1. The zero-order valence-corrected chi connectivity index (χ0v) is 17.7. The van der Waals surface area contributed by atoms with Crippen molar-refractivity contribution in [3.63, 3.8) is 0 Å². The number of nitrogens with zero attached hydrogens (tertiary/aromatic N) is 4. The largest absolute Gasteiger partial charge is 0.497 e. The van der Waals surface area contributed by atoms with Crippen LogP contribution in [0, 0.1) is 0 Å². The van der Waals surface area contributed by atoms with Gasteiger partial charge in [-0.05, 0) is 45.0 Å². The van der Waals surface area contributed by atoms with Crippen LogP contribution in [-0.4, -0.2) is 38.2 Å². The maximum Gasteiger partial charge on any atom is 0.238 e. The molecule has 10 heteroatoms. The molecule has 1 atom stereocenters. The first-order valence-corrected chi connectivity index (χ1v) is 10.4. The molecule has 0 unspecified atom stereocenters. The topological polar surface area (TPSA) is 94.0 Å². The SMILES string of the molecule is COc1ccc(Nc2nnc(S[C@@H](C)C(=O)Nc3ccnn3C(C)C)s2)cc1. The molecule has 3 rings (SSSR count). The molecule has 2 heterocycles. The van der Waals surface area contributed by atoms with E-state index >= 15 is 0 Å². The van der Waals surface area contributed by atoms with Crippen LogP contribution < -0.4 is 15.4 Å². The third kappa shape index (κ3) is 5.02. The molecule has 0 spiro atoms. The molecule has 0 aliphatic heterocycles. The molecular formula is C18H22N6O2S2. The van der Waals surface area contributed by atoms with Crippen molar-refractivity contribution < 1.29 is 9.53 Å². The summed E-state index contributed by atoms with van der Waals surface area (Å²) in [6.45, 7) is 5.87. The maximum absolute atomic E-state index is 12.5. The van der Waals surface area contributed by atoms with Gasteiger partial charge in [-0.3, -0.25) is 4.79 Å². The fourth-order valence-electron chi connectivity index (χ4n) is 2.36. The highest BCUT2D eigenvalue weighted by Gasteiger charge is 2.19. The molecule has 0 fully saturated rings. The third-order valence-electron chi connectivity index (χ3n) is 3.81. The van der Waals surface area contributed by atoms with E-state index in [0.717, 1.165) is 15.8 Å². The van der Waals surface area contributed by atoms with Crippen LogP contribution in [0.5, 0.6) is 5.75 Å². The number of carbonyl (C=O) groups is 1. The van der Waals surface area contributed by atoms with Crippen LogP contribution in [0.25, 0.3) is 0 Å². The predicted octanol–water partition coefficient (Wildman–Crippen LogP) is 4.19. The van der Waals surface area contributed by atoms with Gasteiger partial charge >= 0.3 is 0 Å². The van der Waals surface area contributed by atoms with Gasteiger partial charge in [0.15, 0.2) is 4.34 Å². The second-order valence-corrected chi connectivity index (χ2v) is 8.80. The monoisotopic (exact) mass is 418 g/mol. The van der Waals surface area contributed by atoms with E-state index in [-0.39, 0.29) is 17.2 Å². The summed E-state index contributed by atoms with van der Waals surface area (Å²) in [5.41, 5.74) is 0.890. The van der Waals surface area contributed by atoms with Gasteiger partial charge in [0, 0.05) is 17.8 Å². The summed E-state index contributed by atoms with van der Waals surface area (Å²) in [7, 11) is 1.63. The van der Waals surface area contributed by atoms with Gasteiger partial charge in [-0.2, -0.15) is 5.10 Å². The van der Waals surface area contributed by atoms with Crippen LogP contribution in [0.3, 0.4) is 0 Å². The summed E-state index contributed by atoms with van der Waals surface area (Å²) in [6, 6.07) is 9.50. The first-order chi connectivity index (χ1) is 13.5. The van der Waals surface area contributed by atoms with E-state index in [1.807, 2.05) is 45.0 Å². The summed E-state index contributed by atoms with van der Waals surface area (Å²) in [6.07, 6.45) is 1.68. The van der Waals surface area contributed by atoms with Crippen LogP contribution in [0.15, 0.2) is 40.9 Å². The van der Waals surface area contributed by atoms with Gasteiger partial charge in [0.25, 0.3) is 0 Å². The lowest BCUT2D eigenvalue weighted by Gasteiger charge is -2.14. The standard InChI is InChI=1S/C18H22N6O2S2/c1-11(2)24-15(9-10-19-24)21-16(25)12(3)27-18-23-22-17(28-18)20-13-5-7-14(26-4)8-6-13/h5-12H,1-4H3,(H,20,22)(H,21,25)/t12-/m0/s1. The first-order valence-electron chi connectivity index (χ1n) is 8.72. The van der Waals surface area contributed by atoms with Crippen LogP contribution in [-0.2, 0) is 4.79 Å². The molecule has 0 bridgehead atoms. The molecule has 3 aromatic rings. The second kappa shape index (κ2) is 9.07. The lowest BCUT2D eigenvalue weighted by Crippen LogP contribution is -2.24. The number of hydrogen-bond acceptors (Lipinski definition) is 8. The normalized spacial score (nSPS) is 12.0. The van der Waals surface area contributed by atoms with Gasteiger partial charge in [-0.1, -0.05) is 23.1 Å². The predicted molar refractivity (Wildman–Crippen MR) is 113 cm³/mol. The number of benzene rings is 1. The summed E-state index contributed by atoms with van der Waals surface area (Å²) in [5, 5.41) is 19.0. The van der Waals surface area contributed by atoms with Crippen molar-refractivity contribution in [3.8, 4) is 5.75 Å². The summed E-state index contributed by atoms with van der Waals surface area (Å²) >= 11 is 2.77. The van der Waals surface area contributed by atoms with Gasteiger partial charge in [-0.15, -0.1) is 10.2 Å². The van der Waals surface area contributed by atoms with E-state index in [2.05, 4.69) is 25.9 Å². The number of hydrogen-bond donors (Lipinski definition) is 2. The first kappa shape index (κ1) is 20.2. The van der Waals surface area contributed by atoms with Gasteiger partial charge in [0.1, 0.15) is 11.6 Å². The summed E-state index contributed by atoms with van der Waals surface area (Å²) in [4.78, 5) is 12.5. The van der Waals surface area contributed by atoms with Crippen molar-refractivity contribution in [2.24, 2.45) is 0 Å². The van der Waals surface area contributed by atoms with Crippen molar-refractivity contribution in [1.29, 1.82) is 0 Å². The molecule has 0 aliphatic carbocycles. The van der Waals surface area contributed by atoms with Gasteiger partial charge in [0.05, 0.1) is 18.6 Å². The number of rotatable bonds is 8. The van der Waals surface area contributed by atoms with Crippen LogP contribution in [0.4, 0.5) is 16.6 Å². The third-order valence-corrected chi connectivity index (χ3v) is 5.83. The molecule has 1 amide bonds. The van der Waals surface area contributed by atoms with E-state index in [4.69, 9.17) is 4.74 Å². The van der Waals surface area contributed by atoms with Crippen molar-refractivity contribution in [2.75, 3.05) is 17.7 Å². The molecule has 0 saturated heterocycles. The average molecular weight is 419 g/mol. The minimum Gasteiger partial charge on any atom is -0.497 e. The van der Waals surface area contributed by atoms with Crippen LogP contribution >= 0.6 is 23.1 Å². The van der Waals surface area contributed by atoms with E-state index in [1.54, 1.807) is 24.1 Å². The Kier molecular flexibility index (Phi) is 6.53. The Bertz CT molecular complexity index is 922. The molecule has 0 saturated carbocycles. The lowest BCUT2D eigenvalue weighted by molar-refractivity contribution is -0.115. The molecular weight excluding hydrogens is 396 g/mol. The fourth-order valence-corrected chi connectivity index (χ4v) is 4.28. The van der Waals surface area contributed by atoms with Crippen LogP contribution in [0.2, 0.25) is 0 Å². The lowest BCUT2D eigenvalue weighted by atomic mass is 10.3. The zero-order chi connectivity index (χ0) is 20.1. The zero-order valence-electron chi connectivity index (χ0n) is 16.0. The Morgan fingerprint density at radius 1 is 1.18 bits per heavy atom. The van der Waals surface area contributed by atoms with Crippen molar-refractivity contribution in [1.82, 2.24) is 20.0 Å². The highest BCUT2D eigenvalue weighted by molar-refractivity contribution is 8.02. The van der Waals surface area contributed by atoms with Crippen molar-refractivity contribution in [3.05, 3.63) is 36.5 Å². The Morgan fingerprint density at radius 2 is 1.93 bits per heavy atom. The summed E-state index contributed by atoms with van der Waals surface area (Å²) < 4.78 is 7.64. The fraction of sp³-hybridized carbons (Fsp3) is 0.333. The van der Waals surface area contributed by atoms with E-state index < -0.39 is 0 Å². The minimum absolute atomic E-state index is 0.104. The number of amides is 1. The molecule has 2 aromatic heterocycles. The Hall–Kier alpha value is -2.59. The number of nitrogens with one attached hydrogen (secondary N) is 2. The number of thioether (sulfide) groups is 1. The van der Waals surface area contributed by atoms with E-state index in [1.165, 1.54) is 23.1 Å². The highest BCUT2D eigenvalue weighted by Crippen LogP contribution is 2.31. The quantitative estimate of drug-likeness (QED) is 0.530. The second-order valence-electron chi connectivity index (χ2n) is 6.23. The van der Waals surface area contributed by atoms with E-state index in [9.17, 15) is 4.79 Å². The maximum atomic E-state index is 12.5. The molecule has 2 N–H and O–H groups in total. The molecule has 0 radical (unpaired) electrons. The smallest absolute Gasteiger partial charge is 0.238 e.